The molecule has 5 heteroatoms. The second kappa shape index (κ2) is 7.06. The Kier molecular flexibility index (Phi) is 5.02. The lowest BCUT2D eigenvalue weighted by molar-refractivity contribution is -0.131. The van der Waals surface area contributed by atoms with Crippen molar-refractivity contribution in [2.45, 2.75) is 65.0 Å². The highest BCUT2D eigenvalue weighted by atomic mass is 16.5. The van der Waals surface area contributed by atoms with E-state index in [4.69, 9.17) is 4.74 Å². The molecular weight excluding hydrogens is 316 g/mol. The van der Waals surface area contributed by atoms with E-state index in [0.717, 1.165) is 19.3 Å². The monoisotopic (exact) mass is 344 g/mol. The van der Waals surface area contributed by atoms with Crippen LogP contribution in [0.2, 0.25) is 0 Å². The van der Waals surface area contributed by atoms with E-state index in [9.17, 15) is 9.59 Å². The third-order valence-corrected chi connectivity index (χ3v) is 5.30. The van der Waals surface area contributed by atoms with Gasteiger partial charge in [-0.05, 0) is 36.3 Å². The van der Waals surface area contributed by atoms with Crippen molar-refractivity contribution in [1.82, 2.24) is 5.32 Å². The van der Waals surface area contributed by atoms with E-state index < -0.39 is 6.10 Å². The number of carbonyl (C=O) groups excluding carboxylic acids is 2. The van der Waals surface area contributed by atoms with Gasteiger partial charge in [-0.25, -0.2) is 0 Å². The first-order valence-corrected chi connectivity index (χ1v) is 9.20. The van der Waals surface area contributed by atoms with Crippen LogP contribution < -0.4 is 15.4 Å². The fourth-order valence-corrected chi connectivity index (χ4v) is 4.00. The van der Waals surface area contributed by atoms with Crippen LogP contribution in [0.3, 0.4) is 0 Å². The molecule has 2 N–H and O–H groups in total. The lowest BCUT2D eigenvalue weighted by atomic mass is 9.69. The molecule has 1 fully saturated rings. The summed E-state index contributed by atoms with van der Waals surface area (Å²) < 4.78 is 5.73. The van der Waals surface area contributed by atoms with Gasteiger partial charge in [0.05, 0.1) is 12.1 Å². The second-order valence-corrected chi connectivity index (χ2v) is 8.23. The van der Waals surface area contributed by atoms with Crippen LogP contribution in [-0.2, 0) is 9.59 Å². The van der Waals surface area contributed by atoms with Gasteiger partial charge in [0, 0.05) is 6.04 Å². The van der Waals surface area contributed by atoms with Gasteiger partial charge in [0.15, 0.2) is 6.10 Å². The molecule has 1 saturated carbocycles. The van der Waals surface area contributed by atoms with Crippen molar-refractivity contribution in [3.63, 3.8) is 0 Å². The van der Waals surface area contributed by atoms with E-state index in [-0.39, 0.29) is 29.7 Å². The maximum Gasteiger partial charge on any atom is 0.266 e. The Labute approximate surface area is 149 Å². The Bertz CT molecular complexity index is 651. The smallest absolute Gasteiger partial charge is 0.266 e. The summed E-state index contributed by atoms with van der Waals surface area (Å²) in [6, 6.07) is 7.46. The Morgan fingerprint density at radius 1 is 1.24 bits per heavy atom. The molecule has 1 aliphatic carbocycles. The number of hydrogen-bond donors (Lipinski definition) is 2. The fraction of sp³-hybridized carbons (Fsp3) is 0.600. The van der Waals surface area contributed by atoms with Gasteiger partial charge in [-0.3, -0.25) is 9.59 Å². The lowest BCUT2D eigenvalue weighted by Crippen LogP contribution is -2.48. The number of carbonyl (C=O) groups is 2. The highest BCUT2D eigenvalue weighted by Crippen LogP contribution is 2.38. The minimum absolute atomic E-state index is 0.0491. The third-order valence-electron chi connectivity index (χ3n) is 5.30. The average molecular weight is 344 g/mol. The molecule has 3 rings (SSSR count). The summed E-state index contributed by atoms with van der Waals surface area (Å²) >= 11 is 0. The van der Waals surface area contributed by atoms with Crippen LogP contribution in [0, 0.1) is 11.3 Å². The molecule has 0 spiro atoms. The molecule has 2 amide bonds. The highest BCUT2D eigenvalue weighted by Gasteiger charge is 2.36. The zero-order valence-corrected chi connectivity index (χ0v) is 15.3. The van der Waals surface area contributed by atoms with Gasteiger partial charge in [-0.1, -0.05) is 45.7 Å². The van der Waals surface area contributed by atoms with Crippen molar-refractivity contribution in [2.24, 2.45) is 11.3 Å². The number of anilines is 1. The zero-order chi connectivity index (χ0) is 18.0. The van der Waals surface area contributed by atoms with Gasteiger partial charge in [0.2, 0.25) is 5.91 Å². The molecule has 0 unspecified atom stereocenters. The Morgan fingerprint density at radius 3 is 2.72 bits per heavy atom. The van der Waals surface area contributed by atoms with E-state index in [0.29, 0.717) is 17.4 Å². The van der Waals surface area contributed by atoms with Gasteiger partial charge in [-0.2, -0.15) is 0 Å². The number of benzene rings is 1. The number of para-hydroxylation sites is 2. The maximum atomic E-state index is 12.5. The van der Waals surface area contributed by atoms with Gasteiger partial charge >= 0.3 is 0 Å². The predicted molar refractivity (Wildman–Crippen MR) is 97.4 cm³/mol. The van der Waals surface area contributed by atoms with Crippen LogP contribution in [-0.4, -0.2) is 24.0 Å². The molecule has 1 aliphatic heterocycles. The van der Waals surface area contributed by atoms with Crippen molar-refractivity contribution >= 4 is 17.5 Å². The molecule has 136 valence electrons. The lowest BCUT2D eigenvalue weighted by Gasteiger charge is -2.41. The summed E-state index contributed by atoms with van der Waals surface area (Å²) in [4.78, 5) is 24.7. The zero-order valence-electron chi connectivity index (χ0n) is 15.3. The fourth-order valence-electron chi connectivity index (χ4n) is 4.00. The predicted octanol–water partition coefficient (Wildman–Crippen LogP) is 3.50. The summed E-state index contributed by atoms with van der Waals surface area (Å²) in [5.74, 6) is 0.711. The maximum absolute atomic E-state index is 12.5. The highest BCUT2D eigenvalue weighted by molar-refractivity contribution is 5.99. The van der Waals surface area contributed by atoms with Crippen molar-refractivity contribution < 1.29 is 14.3 Å². The normalized spacial score (nSPS) is 26.2. The second-order valence-electron chi connectivity index (χ2n) is 8.23. The van der Waals surface area contributed by atoms with Gasteiger partial charge < -0.3 is 15.4 Å². The quantitative estimate of drug-likeness (QED) is 0.882. The van der Waals surface area contributed by atoms with E-state index in [1.54, 1.807) is 12.1 Å². The van der Waals surface area contributed by atoms with Crippen LogP contribution in [0.25, 0.3) is 0 Å². The van der Waals surface area contributed by atoms with Gasteiger partial charge in [0.1, 0.15) is 5.75 Å². The molecule has 25 heavy (non-hydrogen) atoms. The minimum atomic E-state index is -0.772. The van der Waals surface area contributed by atoms with Crippen LogP contribution in [0.5, 0.6) is 5.75 Å². The van der Waals surface area contributed by atoms with Crippen LogP contribution in [0.4, 0.5) is 5.69 Å². The molecule has 0 aromatic heterocycles. The van der Waals surface area contributed by atoms with Crippen LogP contribution >= 0.6 is 0 Å². The topological polar surface area (TPSA) is 67.4 Å². The summed E-state index contributed by atoms with van der Waals surface area (Å²) in [5.41, 5.74) is 0.819. The molecule has 0 saturated heterocycles. The largest absolute Gasteiger partial charge is 0.478 e. The number of nitrogens with one attached hydrogen (secondary N) is 2. The summed E-state index contributed by atoms with van der Waals surface area (Å²) in [6.45, 7) is 6.70. The number of fused-ring (bicyclic) bond motifs is 1. The van der Waals surface area contributed by atoms with E-state index >= 15 is 0 Å². The van der Waals surface area contributed by atoms with Crippen molar-refractivity contribution in [3.05, 3.63) is 24.3 Å². The standard InChI is InChI=1S/C20H28N2O3/c1-20(2,3)13-8-4-5-9-14(13)21-18(23)12-17-19(24)22-15-10-6-7-11-16(15)25-17/h6-7,10-11,13-14,17H,4-5,8-9,12H2,1-3H3,(H,21,23)(H,22,24)/t13-,14-,17-/m1/s1. The molecule has 2 aliphatic rings. The Morgan fingerprint density at radius 2 is 1.96 bits per heavy atom. The number of hydrogen-bond acceptors (Lipinski definition) is 3. The third kappa shape index (κ3) is 4.14. The van der Waals surface area contributed by atoms with Crippen LogP contribution in [0.15, 0.2) is 24.3 Å². The van der Waals surface area contributed by atoms with Crippen LogP contribution in [0.1, 0.15) is 52.9 Å². The van der Waals surface area contributed by atoms with E-state index in [1.165, 1.54) is 6.42 Å². The Hall–Kier alpha value is -2.04. The van der Waals surface area contributed by atoms with E-state index in [2.05, 4.69) is 31.4 Å². The summed E-state index contributed by atoms with van der Waals surface area (Å²) in [5, 5.41) is 5.98. The first-order valence-electron chi connectivity index (χ1n) is 9.20. The molecule has 1 aromatic rings. The van der Waals surface area contributed by atoms with E-state index in [1.807, 2.05) is 12.1 Å². The molecular formula is C20H28N2O3. The van der Waals surface area contributed by atoms with Gasteiger partial charge in [0.25, 0.3) is 5.91 Å². The number of rotatable bonds is 3. The average Bonchev–Trinajstić information content (AvgIpc) is 2.55. The minimum Gasteiger partial charge on any atom is -0.478 e. The Balaban J connectivity index is 1.61. The SMILES string of the molecule is CC(C)(C)[C@@H]1CCCC[C@H]1NC(=O)C[C@H]1Oc2ccccc2NC1=O. The van der Waals surface area contributed by atoms with Crippen molar-refractivity contribution in [3.8, 4) is 5.75 Å². The van der Waals surface area contributed by atoms with Crippen molar-refractivity contribution in [1.29, 1.82) is 0 Å². The summed E-state index contributed by atoms with van der Waals surface area (Å²) in [6.07, 6.45) is 3.79. The molecule has 1 heterocycles. The first kappa shape index (κ1) is 17.8. The first-order chi connectivity index (χ1) is 11.8. The van der Waals surface area contributed by atoms with Crippen molar-refractivity contribution in [2.75, 3.05) is 5.32 Å². The number of amides is 2. The molecule has 5 nitrogen and oxygen atoms in total. The van der Waals surface area contributed by atoms with Gasteiger partial charge in [-0.15, -0.1) is 0 Å². The molecule has 0 bridgehead atoms. The molecule has 1 aromatic carbocycles. The molecule has 3 atom stereocenters. The number of ether oxygens (including phenoxy) is 1. The molecule has 0 radical (unpaired) electrons. The summed E-state index contributed by atoms with van der Waals surface area (Å²) in [7, 11) is 0.